The SMILES string of the molecule is C=CCC(CC)c1sccc1C. The predicted molar refractivity (Wildman–Crippen MR) is 56.9 cm³/mol. The molecule has 0 aromatic carbocycles. The average molecular weight is 180 g/mol. The van der Waals surface area contributed by atoms with E-state index in [-0.39, 0.29) is 0 Å². The van der Waals surface area contributed by atoms with E-state index in [0.29, 0.717) is 5.92 Å². The Kier molecular flexibility index (Phi) is 3.54. The number of hydrogen-bond acceptors (Lipinski definition) is 1. The van der Waals surface area contributed by atoms with Crippen LogP contribution in [0.1, 0.15) is 36.1 Å². The molecule has 1 heteroatoms. The Morgan fingerprint density at radius 3 is 2.83 bits per heavy atom. The molecule has 0 spiro atoms. The molecule has 1 aromatic heterocycles. The largest absolute Gasteiger partial charge is 0.148 e. The first kappa shape index (κ1) is 9.53. The lowest BCUT2D eigenvalue weighted by Crippen LogP contribution is -1.93. The van der Waals surface area contributed by atoms with Crippen LogP contribution >= 0.6 is 11.3 Å². The van der Waals surface area contributed by atoms with Crippen LogP contribution < -0.4 is 0 Å². The van der Waals surface area contributed by atoms with Gasteiger partial charge in [0.15, 0.2) is 0 Å². The molecular formula is C11H16S. The van der Waals surface area contributed by atoms with Gasteiger partial charge in [-0.1, -0.05) is 13.0 Å². The van der Waals surface area contributed by atoms with Crippen LogP contribution in [0.4, 0.5) is 0 Å². The van der Waals surface area contributed by atoms with E-state index in [1.807, 2.05) is 17.4 Å². The summed E-state index contributed by atoms with van der Waals surface area (Å²) >= 11 is 1.87. The molecule has 12 heavy (non-hydrogen) atoms. The van der Waals surface area contributed by atoms with Gasteiger partial charge in [0, 0.05) is 4.88 Å². The highest BCUT2D eigenvalue weighted by Crippen LogP contribution is 2.30. The maximum Gasteiger partial charge on any atom is 0.0108 e. The summed E-state index contributed by atoms with van der Waals surface area (Å²) in [7, 11) is 0. The summed E-state index contributed by atoms with van der Waals surface area (Å²) in [5.74, 6) is 0.697. The number of allylic oxidation sites excluding steroid dienone is 1. The maximum absolute atomic E-state index is 3.79. The Bertz CT molecular complexity index is 247. The quantitative estimate of drug-likeness (QED) is 0.611. The van der Waals surface area contributed by atoms with Crippen molar-refractivity contribution in [1.82, 2.24) is 0 Å². The Balaban J connectivity index is 2.78. The predicted octanol–water partition coefficient (Wildman–Crippen LogP) is 4.13. The van der Waals surface area contributed by atoms with Gasteiger partial charge in [-0.2, -0.15) is 0 Å². The molecule has 0 N–H and O–H groups in total. The van der Waals surface area contributed by atoms with Gasteiger partial charge in [-0.15, -0.1) is 17.9 Å². The zero-order valence-electron chi connectivity index (χ0n) is 7.84. The lowest BCUT2D eigenvalue weighted by atomic mass is 9.98. The van der Waals surface area contributed by atoms with Crippen molar-refractivity contribution in [2.24, 2.45) is 0 Å². The fraction of sp³-hybridized carbons (Fsp3) is 0.455. The van der Waals surface area contributed by atoms with Crippen molar-refractivity contribution in [3.63, 3.8) is 0 Å². The third kappa shape index (κ3) is 1.98. The molecule has 0 amide bonds. The molecule has 66 valence electrons. The molecule has 1 heterocycles. The standard InChI is InChI=1S/C11H16S/c1-4-6-10(5-2)11-9(3)7-8-12-11/h4,7-8,10H,1,5-6H2,2-3H3. The molecule has 0 nitrogen and oxygen atoms in total. The van der Waals surface area contributed by atoms with Crippen LogP contribution in [0.3, 0.4) is 0 Å². The van der Waals surface area contributed by atoms with Gasteiger partial charge in [-0.05, 0) is 42.7 Å². The molecule has 0 saturated carbocycles. The smallest absolute Gasteiger partial charge is 0.0108 e. The summed E-state index contributed by atoms with van der Waals surface area (Å²) in [5, 5.41) is 2.18. The minimum absolute atomic E-state index is 0.697. The summed E-state index contributed by atoms with van der Waals surface area (Å²) in [4.78, 5) is 1.54. The molecule has 0 radical (unpaired) electrons. The lowest BCUT2D eigenvalue weighted by molar-refractivity contribution is 0.684. The van der Waals surface area contributed by atoms with E-state index in [0.717, 1.165) is 6.42 Å². The van der Waals surface area contributed by atoms with E-state index >= 15 is 0 Å². The highest BCUT2D eigenvalue weighted by Gasteiger charge is 2.10. The molecule has 0 aliphatic rings. The van der Waals surface area contributed by atoms with Crippen molar-refractivity contribution < 1.29 is 0 Å². The van der Waals surface area contributed by atoms with E-state index in [1.165, 1.54) is 16.9 Å². The van der Waals surface area contributed by atoms with Crippen molar-refractivity contribution >= 4 is 11.3 Å². The molecule has 0 bridgehead atoms. The summed E-state index contributed by atoms with van der Waals surface area (Å²) in [6.45, 7) is 8.23. The Hall–Kier alpha value is -0.560. The highest BCUT2D eigenvalue weighted by atomic mass is 32.1. The third-order valence-corrected chi connectivity index (χ3v) is 3.40. The zero-order valence-corrected chi connectivity index (χ0v) is 8.66. The first-order chi connectivity index (χ1) is 5.79. The van der Waals surface area contributed by atoms with Gasteiger partial charge in [0.2, 0.25) is 0 Å². The lowest BCUT2D eigenvalue weighted by Gasteiger charge is -2.11. The monoisotopic (exact) mass is 180 g/mol. The second-order valence-electron chi connectivity index (χ2n) is 3.10. The second kappa shape index (κ2) is 4.46. The fourth-order valence-corrected chi connectivity index (χ4v) is 2.59. The van der Waals surface area contributed by atoms with Gasteiger partial charge in [-0.25, -0.2) is 0 Å². The van der Waals surface area contributed by atoms with E-state index < -0.39 is 0 Å². The van der Waals surface area contributed by atoms with Crippen LogP contribution in [0.15, 0.2) is 24.1 Å². The molecule has 1 unspecified atom stereocenters. The molecule has 1 atom stereocenters. The number of hydrogen-bond donors (Lipinski definition) is 0. The first-order valence-electron chi connectivity index (χ1n) is 4.44. The minimum Gasteiger partial charge on any atom is -0.148 e. The molecular weight excluding hydrogens is 164 g/mol. The molecule has 1 rings (SSSR count). The topological polar surface area (TPSA) is 0 Å². The zero-order chi connectivity index (χ0) is 8.97. The molecule has 0 saturated heterocycles. The van der Waals surface area contributed by atoms with Gasteiger partial charge in [0.1, 0.15) is 0 Å². The van der Waals surface area contributed by atoms with E-state index in [4.69, 9.17) is 0 Å². The van der Waals surface area contributed by atoms with Crippen molar-refractivity contribution in [1.29, 1.82) is 0 Å². The van der Waals surface area contributed by atoms with Crippen molar-refractivity contribution in [2.45, 2.75) is 32.6 Å². The van der Waals surface area contributed by atoms with E-state index in [1.54, 1.807) is 0 Å². The third-order valence-electron chi connectivity index (χ3n) is 2.22. The highest BCUT2D eigenvalue weighted by molar-refractivity contribution is 7.10. The Morgan fingerprint density at radius 2 is 2.42 bits per heavy atom. The molecule has 0 aliphatic heterocycles. The molecule has 0 fully saturated rings. The average Bonchev–Trinajstić information content (AvgIpc) is 2.47. The van der Waals surface area contributed by atoms with Crippen LogP contribution in [0.2, 0.25) is 0 Å². The molecule has 1 aromatic rings. The van der Waals surface area contributed by atoms with Crippen LogP contribution in [-0.4, -0.2) is 0 Å². The van der Waals surface area contributed by atoms with E-state index in [9.17, 15) is 0 Å². The summed E-state index contributed by atoms with van der Waals surface area (Å²) in [5.41, 5.74) is 1.44. The first-order valence-corrected chi connectivity index (χ1v) is 5.32. The molecule has 0 aliphatic carbocycles. The fourth-order valence-electron chi connectivity index (χ4n) is 1.46. The van der Waals surface area contributed by atoms with Crippen LogP contribution in [-0.2, 0) is 0 Å². The van der Waals surface area contributed by atoms with Crippen LogP contribution in [0.25, 0.3) is 0 Å². The van der Waals surface area contributed by atoms with Crippen molar-refractivity contribution in [3.8, 4) is 0 Å². The summed E-state index contributed by atoms with van der Waals surface area (Å²) in [6.07, 6.45) is 4.35. The van der Waals surface area contributed by atoms with Crippen molar-refractivity contribution in [3.05, 3.63) is 34.5 Å². The summed E-state index contributed by atoms with van der Waals surface area (Å²) in [6, 6.07) is 2.20. The minimum atomic E-state index is 0.697. The van der Waals surface area contributed by atoms with Crippen LogP contribution in [0.5, 0.6) is 0 Å². The number of rotatable bonds is 4. The Labute approximate surface area is 78.9 Å². The van der Waals surface area contributed by atoms with E-state index in [2.05, 4.69) is 31.9 Å². The number of aryl methyl sites for hydroxylation is 1. The van der Waals surface area contributed by atoms with Gasteiger partial charge >= 0.3 is 0 Å². The maximum atomic E-state index is 3.79. The van der Waals surface area contributed by atoms with Crippen LogP contribution in [0, 0.1) is 6.92 Å². The van der Waals surface area contributed by atoms with Crippen molar-refractivity contribution in [2.75, 3.05) is 0 Å². The second-order valence-corrected chi connectivity index (χ2v) is 4.05. The normalized spacial score (nSPS) is 12.8. The summed E-state index contributed by atoms with van der Waals surface area (Å²) < 4.78 is 0. The van der Waals surface area contributed by atoms with Gasteiger partial charge in [0.25, 0.3) is 0 Å². The van der Waals surface area contributed by atoms with Gasteiger partial charge in [-0.3, -0.25) is 0 Å². The number of thiophene rings is 1. The van der Waals surface area contributed by atoms with Gasteiger partial charge < -0.3 is 0 Å². The van der Waals surface area contributed by atoms with Gasteiger partial charge in [0.05, 0.1) is 0 Å². The Morgan fingerprint density at radius 1 is 1.67 bits per heavy atom.